The number of carbonyl (C=O) groups is 1. The molecule has 0 bridgehead atoms. The minimum absolute atomic E-state index is 0.0275. The first kappa shape index (κ1) is 19.4. The minimum atomic E-state index is -4.11. The topological polar surface area (TPSA) is 54.5 Å². The molecule has 134 valence electrons. The molecule has 0 amide bonds. The molecule has 0 heterocycles. The molecule has 1 unspecified atom stereocenters. The summed E-state index contributed by atoms with van der Waals surface area (Å²) in [6, 6.07) is 10.3. The van der Waals surface area contributed by atoms with Crippen LogP contribution < -0.4 is 4.31 Å². The number of halogens is 2. The van der Waals surface area contributed by atoms with Crippen LogP contribution in [0.25, 0.3) is 0 Å². The summed E-state index contributed by atoms with van der Waals surface area (Å²) in [7, 11) is -4.11. The third-order valence-electron chi connectivity index (χ3n) is 3.85. The van der Waals surface area contributed by atoms with Crippen molar-refractivity contribution in [2.24, 2.45) is 0 Å². The van der Waals surface area contributed by atoms with Gasteiger partial charge in [0, 0.05) is 0 Å². The highest BCUT2D eigenvalue weighted by molar-refractivity contribution is 7.93. The Bertz CT molecular complexity index is 866. The number of hydrogen-bond donors (Lipinski definition) is 0. The maximum atomic E-state index is 13.2. The highest BCUT2D eigenvalue weighted by atomic mass is 35.5. The molecule has 7 heteroatoms. The van der Waals surface area contributed by atoms with Crippen LogP contribution in [0.3, 0.4) is 0 Å². The fraction of sp³-hybridized carbons (Fsp3) is 0.278. The maximum absolute atomic E-state index is 13.2. The number of para-hydroxylation sites is 1. The number of rotatable bonds is 6. The van der Waals surface area contributed by atoms with Gasteiger partial charge in [-0.05, 0) is 60.3 Å². The highest BCUT2D eigenvalue weighted by Gasteiger charge is 2.34. The first-order valence-electron chi connectivity index (χ1n) is 7.74. The van der Waals surface area contributed by atoms with Gasteiger partial charge in [-0.1, -0.05) is 32.0 Å². The highest BCUT2D eigenvalue weighted by Crippen LogP contribution is 2.33. The van der Waals surface area contributed by atoms with Crippen molar-refractivity contribution >= 4 is 32.6 Å². The van der Waals surface area contributed by atoms with E-state index in [4.69, 9.17) is 11.6 Å². The van der Waals surface area contributed by atoms with E-state index in [1.807, 2.05) is 13.8 Å². The summed E-state index contributed by atoms with van der Waals surface area (Å²) in [6.45, 7) is 5.27. The third kappa shape index (κ3) is 4.02. The Morgan fingerprint density at radius 1 is 1.04 bits per heavy atom. The van der Waals surface area contributed by atoms with E-state index in [0.29, 0.717) is 5.69 Å². The van der Waals surface area contributed by atoms with Crippen molar-refractivity contribution in [2.75, 3.05) is 4.31 Å². The molecule has 0 aliphatic rings. The molecule has 1 atom stereocenters. The van der Waals surface area contributed by atoms with Crippen LogP contribution in [0.5, 0.6) is 0 Å². The molecule has 25 heavy (non-hydrogen) atoms. The second-order valence-corrected chi connectivity index (χ2v) is 8.14. The van der Waals surface area contributed by atoms with Crippen molar-refractivity contribution in [3.63, 3.8) is 0 Å². The van der Waals surface area contributed by atoms with Crippen molar-refractivity contribution in [1.29, 1.82) is 0 Å². The zero-order valence-corrected chi connectivity index (χ0v) is 15.7. The van der Waals surface area contributed by atoms with Crippen molar-refractivity contribution in [3.8, 4) is 0 Å². The lowest BCUT2D eigenvalue weighted by Gasteiger charge is -2.31. The average molecular weight is 384 g/mol. The number of nitrogens with zero attached hydrogens (tertiary/aromatic N) is 1. The van der Waals surface area contributed by atoms with Crippen LogP contribution in [0.2, 0.25) is 0 Å². The van der Waals surface area contributed by atoms with Crippen molar-refractivity contribution in [3.05, 3.63) is 59.9 Å². The number of sulfonamides is 1. The summed E-state index contributed by atoms with van der Waals surface area (Å²) >= 11 is 5.62. The molecular formula is C18H19ClFNO3S. The van der Waals surface area contributed by atoms with Crippen LogP contribution in [-0.2, 0) is 14.8 Å². The molecule has 4 nitrogen and oxygen atoms in total. The van der Waals surface area contributed by atoms with Crippen molar-refractivity contribution < 1.29 is 17.6 Å². The number of hydrogen-bond acceptors (Lipinski definition) is 3. The molecule has 2 aromatic rings. The molecule has 0 N–H and O–H groups in total. The van der Waals surface area contributed by atoms with Gasteiger partial charge in [-0.25, -0.2) is 12.8 Å². The van der Waals surface area contributed by atoms with Gasteiger partial charge in [0.05, 0.1) is 10.6 Å². The van der Waals surface area contributed by atoms with Gasteiger partial charge in [-0.2, -0.15) is 0 Å². The molecule has 0 radical (unpaired) electrons. The van der Waals surface area contributed by atoms with E-state index in [-0.39, 0.29) is 10.8 Å². The van der Waals surface area contributed by atoms with E-state index in [9.17, 15) is 17.6 Å². The first-order chi connectivity index (χ1) is 11.7. The molecule has 0 fully saturated rings. The van der Waals surface area contributed by atoms with Gasteiger partial charge < -0.3 is 0 Å². The van der Waals surface area contributed by atoms with Crippen LogP contribution in [0.1, 0.15) is 32.3 Å². The summed E-state index contributed by atoms with van der Waals surface area (Å²) in [4.78, 5) is 11.7. The van der Waals surface area contributed by atoms with Gasteiger partial charge in [0.15, 0.2) is 0 Å². The predicted molar refractivity (Wildman–Crippen MR) is 96.9 cm³/mol. The summed E-state index contributed by atoms with van der Waals surface area (Å²) in [5.41, 5.74) is 1.14. The molecule has 0 aliphatic heterocycles. The Hall–Kier alpha value is -1.92. The Morgan fingerprint density at radius 3 is 2.12 bits per heavy atom. The van der Waals surface area contributed by atoms with Crippen molar-refractivity contribution in [2.45, 2.75) is 37.6 Å². The van der Waals surface area contributed by atoms with Crippen LogP contribution in [-0.4, -0.2) is 19.7 Å². The number of carbonyl (C=O) groups excluding carboxylic acids is 1. The van der Waals surface area contributed by atoms with Crippen LogP contribution >= 0.6 is 11.6 Å². The molecule has 2 rings (SSSR count). The summed E-state index contributed by atoms with van der Waals surface area (Å²) in [5, 5.41) is -0.802. The van der Waals surface area contributed by atoms with Crippen LogP contribution in [0.4, 0.5) is 10.1 Å². The van der Waals surface area contributed by atoms with Gasteiger partial charge in [-0.3, -0.25) is 9.10 Å². The fourth-order valence-electron chi connectivity index (χ4n) is 2.54. The van der Waals surface area contributed by atoms with Gasteiger partial charge >= 0.3 is 0 Å². The molecule has 0 aromatic heterocycles. The molecular weight excluding hydrogens is 365 g/mol. The molecule has 0 aliphatic carbocycles. The quantitative estimate of drug-likeness (QED) is 0.699. The molecule has 2 aromatic carbocycles. The van der Waals surface area contributed by atoms with Gasteiger partial charge in [-0.15, -0.1) is 0 Å². The predicted octanol–water partition coefficient (Wildman–Crippen LogP) is 4.30. The summed E-state index contributed by atoms with van der Waals surface area (Å²) in [5.74, 6) is -0.519. The number of anilines is 1. The molecule has 0 spiro atoms. The number of benzene rings is 2. The Balaban J connectivity index is 2.70. The minimum Gasteiger partial charge on any atom is -0.279 e. The van der Waals surface area contributed by atoms with E-state index in [1.165, 1.54) is 19.1 Å². The standard InChI is InChI=1S/C18H19ClFNO3S/c1-12(2)16-6-4-5-7-17(16)21(13(3)18(19)22)25(23,24)15-10-8-14(20)9-11-15/h4-13H,1-3H3. The summed E-state index contributed by atoms with van der Waals surface area (Å²) < 4.78 is 40.5. The smallest absolute Gasteiger partial charge is 0.265 e. The largest absolute Gasteiger partial charge is 0.279 e. The lowest BCUT2D eigenvalue weighted by molar-refractivity contribution is -0.112. The lowest BCUT2D eigenvalue weighted by Crippen LogP contribution is -2.42. The van der Waals surface area contributed by atoms with E-state index in [0.717, 1.165) is 22.0 Å². The lowest BCUT2D eigenvalue weighted by atomic mass is 10.0. The van der Waals surface area contributed by atoms with E-state index >= 15 is 0 Å². The second kappa shape index (κ2) is 7.54. The van der Waals surface area contributed by atoms with E-state index in [2.05, 4.69) is 0 Å². The van der Waals surface area contributed by atoms with Gasteiger partial charge in [0.2, 0.25) is 5.24 Å². The zero-order valence-electron chi connectivity index (χ0n) is 14.1. The molecule has 0 saturated heterocycles. The molecule has 0 saturated carbocycles. The zero-order chi connectivity index (χ0) is 18.8. The Kier molecular flexibility index (Phi) is 5.85. The Labute approximate surface area is 152 Å². The normalized spacial score (nSPS) is 12.9. The van der Waals surface area contributed by atoms with Crippen LogP contribution in [0, 0.1) is 5.82 Å². The van der Waals surface area contributed by atoms with E-state index in [1.54, 1.807) is 24.3 Å². The van der Waals surface area contributed by atoms with Gasteiger partial charge in [0.25, 0.3) is 10.0 Å². The van der Waals surface area contributed by atoms with Gasteiger partial charge in [0.1, 0.15) is 11.9 Å². The third-order valence-corrected chi connectivity index (χ3v) is 6.06. The van der Waals surface area contributed by atoms with Crippen LogP contribution in [0.15, 0.2) is 53.4 Å². The van der Waals surface area contributed by atoms with E-state index < -0.39 is 27.1 Å². The monoisotopic (exact) mass is 383 g/mol. The second-order valence-electron chi connectivity index (χ2n) is 5.95. The SMILES string of the molecule is CC(C)c1ccccc1N(C(C)C(=O)Cl)S(=O)(=O)c1ccc(F)cc1. The Morgan fingerprint density at radius 2 is 1.60 bits per heavy atom. The van der Waals surface area contributed by atoms with Crippen molar-refractivity contribution in [1.82, 2.24) is 0 Å². The fourth-order valence-corrected chi connectivity index (χ4v) is 4.33. The first-order valence-corrected chi connectivity index (χ1v) is 9.56. The average Bonchev–Trinajstić information content (AvgIpc) is 2.55. The maximum Gasteiger partial charge on any atom is 0.265 e. The summed E-state index contributed by atoms with van der Waals surface area (Å²) in [6.07, 6.45) is 0.